The van der Waals surface area contributed by atoms with E-state index in [1.165, 1.54) is 11.1 Å². The molecule has 0 aliphatic carbocycles. The predicted octanol–water partition coefficient (Wildman–Crippen LogP) is 2.67. The number of rotatable bonds is 6. The van der Waals surface area contributed by atoms with Gasteiger partial charge < -0.3 is 4.74 Å². The van der Waals surface area contributed by atoms with Gasteiger partial charge in [0, 0.05) is 6.54 Å². The van der Waals surface area contributed by atoms with Crippen LogP contribution in [-0.2, 0) is 13.2 Å². The summed E-state index contributed by atoms with van der Waals surface area (Å²) >= 11 is 0. The second-order valence-corrected chi connectivity index (χ2v) is 4.71. The smallest absolute Gasteiger partial charge is 0.189 e. The minimum atomic E-state index is 0.402. The van der Waals surface area contributed by atoms with Crippen LogP contribution in [0.1, 0.15) is 36.7 Å². The molecule has 0 N–H and O–H groups in total. The van der Waals surface area contributed by atoms with E-state index >= 15 is 0 Å². The molecule has 0 atom stereocenters. The van der Waals surface area contributed by atoms with E-state index in [1.54, 1.807) is 0 Å². The monoisotopic (exact) mass is 260 g/mol. The van der Waals surface area contributed by atoms with Crippen molar-refractivity contribution >= 4 is 0 Å². The van der Waals surface area contributed by atoms with Gasteiger partial charge in [-0.15, -0.1) is 5.10 Å². The van der Waals surface area contributed by atoms with Crippen molar-refractivity contribution in [3.8, 4) is 5.75 Å². The first-order valence-electron chi connectivity index (χ1n) is 6.65. The van der Waals surface area contributed by atoms with Crippen LogP contribution in [0.4, 0.5) is 0 Å². The molecule has 0 unspecified atom stereocenters. The fraction of sp³-hybridized carbons (Fsp3) is 0.500. The number of aryl methyl sites for hydroxylation is 3. The zero-order valence-electron chi connectivity index (χ0n) is 11.8. The lowest BCUT2D eigenvalue weighted by atomic mass is 10.1. The Kier molecular flexibility index (Phi) is 4.49. The maximum absolute atomic E-state index is 5.74. The number of unbranched alkanes of at least 4 members (excludes halogenated alkanes) is 1. The molecule has 0 aliphatic heterocycles. The second kappa shape index (κ2) is 6.31. The lowest BCUT2D eigenvalue weighted by Gasteiger charge is -2.08. The first-order chi connectivity index (χ1) is 9.20. The molecule has 1 aromatic heterocycles. The summed E-state index contributed by atoms with van der Waals surface area (Å²) in [5, 5.41) is 11.7. The summed E-state index contributed by atoms with van der Waals surface area (Å²) in [6.07, 6.45) is 2.19. The van der Waals surface area contributed by atoms with E-state index in [4.69, 9.17) is 4.74 Å². The molecule has 102 valence electrons. The molecule has 5 heteroatoms. The van der Waals surface area contributed by atoms with E-state index in [9.17, 15) is 0 Å². The lowest BCUT2D eigenvalue weighted by Crippen LogP contribution is -2.09. The predicted molar refractivity (Wildman–Crippen MR) is 73.0 cm³/mol. The molecular weight excluding hydrogens is 240 g/mol. The first kappa shape index (κ1) is 13.5. The number of hydrogen-bond donors (Lipinski definition) is 0. The van der Waals surface area contributed by atoms with Crippen LogP contribution in [0.15, 0.2) is 18.2 Å². The highest BCUT2D eigenvalue weighted by Gasteiger charge is 2.06. The fourth-order valence-corrected chi connectivity index (χ4v) is 1.76. The van der Waals surface area contributed by atoms with Crippen LogP contribution in [0.25, 0.3) is 0 Å². The fourth-order valence-electron chi connectivity index (χ4n) is 1.76. The van der Waals surface area contributed by atoms with Crippen LogP contribution in [0.3, 0.4) is 0 Å². The van der Waals surface area contributed by atoms with Crippen LogP contribution >= 0.6 is 0 Å². The van der Waals surface area contributed by atoms with Crippen molar-refractivity contribution < 1.29 is 4.74 Å². The Morgan fingerprint density at radius 3 is 2.79 bits per heavy atom. The number of ether oxygens (including phenoxy) is 1. The topological polar surface area (TPSA) is 52.8 Å². The second-order valence-electron chi connectivity index (χ2n) is 4.71. The molecule has 0 radical (unpaired) electrons. The third-order valence-electron chi connectivity index (χ3n) is 3.18. The van der Waals surface area contributed by atoms with Gasteiger partial charge in [0.2, 0.25) is 0 Å². The standard InChI is InChI=1S/C14H20N4O/c1-4-5-8-18-14(15-16-17-18)10-19-13-7-6-11(2)12(3)9-13/h6-7,9H,4-5,8,10H2,1-3H3. The van der Waals surface area contributed by atoms with Gasteiger partial charge >= 0.3 is 0 Å². The van der Waals surface area contributed by atoms with E-state index in [2.05, 4.69) is 42.4 Å². The zero-order chi connectivity index (χ0) is 13.7. The lowest BCUT2D eigenvalue weighted by molar-refractivity contribution is 0.285. The largest absolute Gasteiger partial charge is 0.486 e. The average molecular weight is 260 g/mol. The van der Waals surface area contributed by atoms with Gasteiger partial charge in [0.1, 0.15) is 12.4 Å². The van der Waals surface area contributed by atoms with Crippen LogP contribution in [-0.4, -0.2) is 20.2 Å². The van der Waals surface area contributed by atoms with E-state index in [0.29, 0.717) is 6.61 Å². The van der Waals surface area contributed by atoms with Crippen LogP contribution in [0.5, 0.6) is 5.75 Å². The van der Waals surface area contributed by atoms with Gasteiger partial charge in [0.25, 0.3) is 0 Å². The molecule has 0 spiro atoms. The minimum absolute atomic E-state index is 0.402. The first-order valence-corrected chi connectivity index (χ1v) is 6.65. The molecule has 0 fully saturated rings. The van der Waals surface area contributed by atoms with Crippen molar-refractivity contribution in [1.29, 1.82) is 0 Å². The summed E-state index contributed by atoms with van der Waals surface area (Å²) in [6.45, 7) is 7.56. The van der Waals surface area contributed by atoms with Gasteiger partial charge in [0.15, 0.2) is 5.82 Å². The summed E-state index contributed by atoms with van der Waals surface area (Å²) in [5.41, 5.74) is 2.49. The van der Waals surface area contributed by atoms with Crippen molar-refractivity contribution in [2.45, 2.75) is 46.8 Å². The highest BCUT2D eigenvalue weighted by Crippen LogP contribution is 2.17. The highest BCUT2D eigenvalue weighted by atomic mass is 16.5. The summed E-state index contributed by atoms with van der Waals surface area (Å²) < 4.78 is 7.55. The quantitative estimate of drug-likeness (QED) is 0.801. The van der Waals surface area contributed by atoms with E-state index in [0.717, 1.165) is 31.0 Å². The zero-order valence-corrected chi connectivity index (χ0v) is 11.8. The van der Waals surface area contributed by atoms with Crippen molar-refractivity contribution in [2.75, 3.05) is 0 Å². The van der Waals surface area contributed by atoms with E-state index < -0.39 is 0 Å². The van der Waals surface area contributed by atoms with Gasteiger partial charge in [-0.25, -0.2) is 4.68 Å². The molecule has 19 heavy (non-hydrogen) atoms. The Bertz CT molecular complexity index is 536. The van der Waals surface area contributed by atoms with E-state index in [1.807, 2.05) is 16.8 Å². The molecule has 2 aromatic rings. The maximum Gasteiger partial charge on any atom is 0.189 e. The summed E-state index contributed by atoms with van der Waals surface area (Å²) in [5.74, 6) is 1.62. The van der Waals surface area contributed by atoms with Gasteiger partial charge in [-0.05, 0) is 54.0 Å². The Morgan fingerprint density at radius 2 is 2.05 bits per heavy atom. The molecule has 1 aromatic carbocycles. The highest BCUT2D eigenvalue weighted by molar-refractivity contribution is 5.33. The van der Waals surface area contributed by atoms with Gasteiger partial charge in [-0.1, -0.05) is 19.4 Å². The normalized spacial score (nSPS) is 10.7. The molecule has 0 aliphatic rings. The summed E-state index contributed by atoms with van der Waals surface area (Å²) in [4.78, 5) is 0. The number of tetrazole rings is 1. The number of aromatic nitrogens is 4. The number of nitrogens with zero attached hydrogens (tertiary/aromatic N) is 4. The van der Waals surface area contributed by atoms with Crippen LogP contribution < -0.4 is 4.74 Å². The van der Waals surface area contributed by atoms with Crippen LogP contribution in [0.2, 0.25) is 0 Å². The SMILES string of the molecule is CCCCn1nnnc1COc1ccc(C)c(C)c1. The number of hydrogen-bond acceptors (Lipinski definition) is 4. The molecule has 0 bridgehead atoms. The van der Waals surface area contributed by atoms with E-state index in [-0.39, 0.29) is 0 Å². The number of benzene rings is 1. The molecule has 2 rings (SSSR count). The van der Waals surface area contributed by atoms with Crippen molar-refractivity contribution in [3.05, 3.63) is 35.2 Å². The Morgan fingerprint density at radius 1 is 1.21 bits per heavy atom. The molecule has 1 heterocycles. The average Bonchev–Trinajstić information content (AvgIpc) is 2.85. The molecule has 5 nitrogen and oxygen atoms in total. The molecule has 0 amide bonds. The van der Waals surface area contributed by atoms with Crippen molar-refractivity contribution in [1.82, 2.24) is 20.2 Å². The van der Waals surface area contributed by atoms with Crippen LogP contribution in [0, 0.1) is 13.8 Å². The maximum atomic E-state index is 5.74. The van der Waals surface area contributed by atoms with Gasteiger partial charge in [0.05, 0.1) is 0 Å². The van der Waals surface area contributed by atoms with Crippen molar-refractivity contribution in [3.63, 3.8) is 0 Å². The Labute approximate surface area is 113 Å². The summed E-state index contributed by atoms with van der Waals surface area (Å²) in [6, 6.07) is 6.07. The third-order valence-corrected chi connectivity index (χ3v) is 3.18. The summed E-state index contributed by atoms with van der Waals surface area (Å²) in [7, 11) is 0. The molecule has 0 saturated carbocycles. The van der Waals surface area contributed by atoms with Gasteiger partial charge in [-0.3, -0.25) is 0 Å². The Balaban J connectivity index is 1.98. The third kappa shape index (κ3) is 3.53. The molecular formula is C14H20N4O. The minimum Gasteiger partial charge on any atom is -0.486 e. The Hall–Kier alpha value is -1.91. The molecule has 0 saturated heterocycles. The van der Waals surface area contributed by atoms with Crippen molar-refractivity contribution in [2.24, 2.45) is 0 Å². The van der Waals surface area contributed by atoms with Gasteiger partial charge in [-0.2, -0.15) is 0 Å².